The summed E-state index contributed by atoms with van der Waals surface area (Å²) < 4.78 is 5.43. The van der Waals surface area contributed by atoms with Gasteiger partial charge < -0.3 is 10.1 Å². The molecule has 0 bridgehead atoms. The maximum absolute atomic E-state index is 6.20. The number of rotatable bonds is 5. The van der Waals surface area contributed by atoms with Gasteiger partial charge >= 0.3 is 0 Å². The molecule has 0 aliphatic heterocycles. The monoisotopic (exact) mass is 337 g/mol. The summed E-state index contributed by atoms with van der Waals surface area (Å²) in [5, 5.41) is 4.77. The summed E-state index contributed by atoms with van der Waals surface area (Å²) in [4.78, 5) is 0. The van der Waals surface area contributed by atoms with Crippen molar-refractivity contribution in [2.75, 3.05) is 6.61 Å². The molecule has 1 aliphatic rings. The molecule has 5 heteroatoms. The van der Waals surface area contributed by atoms with E-state index in [2.05, 4.69) is 5.32 Å². The van der Waals surface area contributed by atoms with E-state index in [1.54, 1.807) is 0 Å². The van der Waals surface area contributed by atoms with Crippen LogP contribution in [0.3, 0.4) is 0 Å². The third-order valence-electron chi connectivity index (χ3n) is 3.55. The van der Waals surface area contributed by atoms with Crippen molar-refractivity contribution in [2.24, 2.45) is 0 Å². The highest BCUT2D eigenvalue weighted by Crippen LogP contribution is 2.34. The van der Waals surface area contributed by atoms with Crippen LogP contribution >= 0.6 is 35.6 Å². The quantitative estimate of drug-likeness (QED) is 0.793. The van der Waals surface area contributed by atoms with Crippen LogP contribution in [0.4, 0.5) is 0 Å². The third kappa shape index (κ3) is 5.00. The minimum absolute atomic E-state index is 0. The van der Waals surface area contributed by atoms with Crippen molar-refractivity contribution in [1.29, 1.82) is 0 Å². The van der Waals surface area contributed by atoms with E-state index in [4.69, 9.17) is 27.9 Å². The molecule has 0 unspecified atom stereocenters. The standard InChI is InChI=1S/C15H21Cl2NO.ClH/c1-2-19-15-13(16)8-11(9-14(15)17)10-18-12-6-4-3-5-7-12;/h8-9,12,18H,2-7,10H2,1H3;1H. The molecule has 1 fully saturated rings. The second-order valence-corrected chi connectivity index (χ2v) is 5.85. The molecule has 0 saturated heterocycles. The van der Waals surface area contributed by atoms with E-state index >= 15 is 0 Å². The highest BCUT2D eigenvalue weighted by Gasteiger charge is 2.14. The van der Waals surface area contributed by atoms with Crippen LogP contribution in [-0.2, 0) is 6.54 Å². The van der Waals surface area contributed by atoms with E-state index in [1.807, 2.05) is 19.1 Å². The molecule has 1 saturated carbocycles. The Kier molecular flexibility index (Phi) is 8.04. The Morgan fingerprint density at radius 1 is 1.15 bits per heavy atom. The average Bonchev–Trinajstić information content (AvgIpc) is 2.42. The zero-order valence-electron chi connectivity index (χ0n) is 11.8. The van der Waals surface area contributed by atoms with Gasteiger partial charge in [0.1, 0.15) is 0 Å². The van der Waals surface area contributed by atoms with Crippen LogP contribution in [0.2, 0.25) is 10.0 Å². The molecule has 1 aromatic rings. The largest absolute Gasteiger partial charge is 0.491 e. The van der Waals surface area contributed by atoms with Crippen molar-refractivity contribution in [3.8, 4) is 5.75 Å². The molecule has 0 heterocycles. The topological polar surface area (TPSA) is 21.3 Å². The molecule has 2 nitrogen and oxygen atoms in total. The summed E-state index contributed by atoms with van der Waals surface area (Å²) in [5.41, 5.74) is 1.11. The van der Waals surface area contributed by atoms with Crippen LogP contribution in [0, 0.1) is 0 Å². The highest BCUT2D eigenvalue weighted by atomic mass is 35.5. The Hall–Kier alpha value is -0.150. The first kappa shape index (κ1) is 17.9. The Labute approximate surface area is 137 Å². The van der Waals surface area contributed by atoms with E-state index in [0.29, 0.717) is 28.4 Å². The van der Waals surface area contributed by atoms with Gasteiger partial charge in [-0.3, -0.25) is 0 Å². The van der Waals surface area contributed by atoms with Gasteiger partial charge in [-0.1, -0.05) is 42.5 Å². The fourth-order valence-electron chi connectivity index (χ4n) is 2.57. The lowest BCUT2D eigenvalue weighted by Gasteiger charge is -2.23. The lowest BCUT2D eigenvalue weighted by molar-refractivity contribution is 0.340. The maximum Gasteiger partial charge on any atom is 0.156 e. The van der Waals surface area contributed by atoms with Crippen LogP contribution in [0.5, 0.6) is 5.75 Å². The lowest BCUT2D eigenvalue weighted by Crippen LogP contribution is -2.30. The van der Waals surface area contributed by atoms with Crippen LogP contribution in [0.25, 0.3) is 0 Å². The maximum atomic E-state index is 6.20. The van der Waals surface area contributed by atoms with E-state index < -0.39 is 0 Å². The van der Waals surface area contributed by atoms with Crippen LogP contribution in [0.15, 0.2) is 12.1 Å². The summed E-state index contributed by atoms with van der Waals surface area (Å²) in [6, 6.07) is 4.51. The lowest BCUT2D eigenvalue weighted by atomic mass is 9.95. The molecule has 1 N–H and O–H groups in total. The third-order valence-corrected chi connectivity index (χ3v) is 4.11. The molecule has 2 rings (SSSR count). The predicted molar refractivity (Wildman–Crippen MR) is 88.6 cm³/mol. The van der Waals surface area contributed by atoms with Gasteiger partial charge in [-0.05, 0) is 37.5 Å². The first-order valence-electron chi connectivity index (χ1n) is 7.04. The first-order valence-corrected chi connectivity index (χ1v) is 7.80. The van der Waals surface area contributed by atoms with Gasteiger partial charge in [-0.15, -0.1) is 12.4 Å². The van der Waals surface area contributed by atoms with Gasteiger partial charge in [0, 0.05) is 12.6 Å². The van der Waals surface area contributed by atoms with Crippen molar-refractivity contribution in [1.82, 2.24) is 5.32 Å². The minimum Gasteiger partial charge on any atom is -0.491 e. The highest BCUT2D eigenvalue weighted by molar-refractivity contribution is 6.37. The molecule has 114 valence electrons. The van der Waals surface area contributed by atoms with Crippen molar-refractivity contribution in [3.05, 3.63) is 27.7 Å². The van der Waals surface area contributed by atoms with Gasteiger partial charge in [0.05, 0.1) is 16.7 Å². The number of hydrogen-bond acceptors (Lipinski definition) is 2. The number of nitrogens with one attached hydrogen (secondary N) is 1. The van der Waals surface area contributed by atoms with Crippen molar-refractivity contribution in [2.45, 2.75) is 51.6 Å². The molecule has 0 spiro atoms. The van der Waals surface area contributed by atoms with Gasteiger partial charge in [-0.25, -0.2) is 0 Å². The van der Waals surface area contributed by atoms with Gasteiger partial charge in [0.2, 0.25) is 0 Å². The summed E-state index contributed by atoms with van der Waals surface area (Å²) in [6.45, 7) is 3.31. The van der Waals surface area contributed by atoms with E-state index in [-0.39, 0.29) is 12.4 Å². The fourth-order valence-corrected chi connectivity index (χ4v) is 3.21. The van der Waals surface area contributed by atoms with Gasteiger partial charge in [0.15, 0.2) is 5.75 Å². The Balaban J connectivity index is 0.00000200. The number of hydrogen-bond donors (Lipinski definition) is 1. The molecule has 0 amide bonds. The van der Waals surface area contributed by atoms with Crippen molar-refractivity contribution in [3.63, 3.8) is 0 Å². The second kappa shape index (κ2) is 8.99. The van der Waals surface area contributed by atoms with Gasteiger partial charge in [0.25, 0.3) is 0 Å². The first-order chi connectivity index (χ1) is 9.20. The zero-order valence-corrected chi connectivity index (χ0v) is 14.1. The molecular formula is C15H22Cl3NO. The molecular weight excluding hydrogens is 317 g/mol. The number of benzene rings is 1. The molecule has 20 heavy (non-hydrogen) atoms. The summed E-state index contributed by atoms with van der Waals surface area (Å²) in [5.74, 6) is 0.590. The van der Waals surface area contributed by atoms with Gasteiger partial charge in [-0.2, -0.15) is 0 Å². The van der Waals surface area contributed by atoms with E-state index in [1.165, 1.54) is 32.1 Å². The SMILES string of the molecule is CCOc1c(Cl)cc(CNC2CCCCC2)cc1Cl.Cl. The van der Waals surface area contributed by atoms with Crippen LogP contribution in [0.1, 0.15) is 44.6 Å². The molecule has 0 aromatic heterocycles. The Morgan fingerprint density at radius 3 is 2.30 bits per heavy atom. The molecule has 1 aromatic carbocycles. The Morgan fingerprint density at radius 2 is 1.75 bits per heavy atom. The number of halogens is 3. The average molecular weight is 339 g/mol. The Bertz CT molecular complexity index is 397. The fraction of sp³-hybridized carbons (Fsp3) is 0.600. The van der Waals surface area contributed by atoms with E-state index in [9.17, 15) is 0 Å². The van der Waals surface area contributed by atoms with Crippen molar-refractivity contribution >= 4 is 35.6 Å². The molecule has 0 atom stereocenters. The smallest absolute Gasteiger partial charge is 0.156 e. The molecule has 1 aliphatic carbocycles. The second-order valence-electron chi connectivity index (χ2n) is 5.04. The van der Waals surface area contributed by atoms with Crippen LogP contribution in [-0.4, -0.2) is 12.6 Å². The zero-order chi connectivity index (χ0) is 13.7. The summed E-state index contributed by atoms with van der Waals surface area (Å²) >= 11 is 12.4. The number of ether oxygens (including phenoxy) is 1. The minimum atomic E-state index is 0. The summed E-state index contributed by atoms with van der Waals surface area (Å²) in [7, 11) is 0. The molecule has 0 radical (unpaired) electrons. The summed E-state index contributed by atoms with van der Waals surface area (Å²) in [6.07, 6.45) is 6.60. The van der Waals surface area contributed by atoms with Crippen molar-refractivity contribution < 1.29 is 4.74 Å². The van der Waals surface area contributed by atoms with Crippen LogP contribution < -0.4 is 10.1 Å². The normalized spacial score (nSPS) is 15.8. The van der Waals surface area contributed by atoms with E-state index in [0.717, 1.165) is 12.1 Å². The predicted octanol–water partition coefficient (Wildman–Crippen LogP) is 5.24.